The van der Waals surface area contributed by atoms with Crippen molar-refractivity contribution in [1.82, 2.24) is 15.2 Å². The molecule has 0 saturated heterocycles. The molecule has 1 aromatic heterocycles. The summed E-state index contributed by atoms with van der Waals surface area (Å²) in [6, 6.07) is 0.221. The van der Waals surface area contributed by atoms with Crippen LogP contribution in [0, 0.1) is 0 Å². The number of carbonyl (C=O) groups excluding carboxylic acids is 1. The van der Waals surface area contributed by atoms with E-state index in [9.17, 15) is 4.79 Å². The maximum atomic E-state index is 11.3. The van der Waals surface area contributed by atoms with Gasteiger partial charge in [0.05, 0.1) is 7.11 Å². The third-order valence-corrected chi connectivity index (χ3v) is 1.91. The van der Waals surface area contributed by atoms with Crippen molar-refractivity contribution < 1.29 is 9.53 Å². The number of H-pyrrole nitrogens is 1. The third kappa shape index (κ3) is 3.97. The molecule has 0 aliphatic carbocycles. The number of nitrogens with one attached hydrogen (secondary N) is 2. The molecule has 0 saturated carbocycles. The number of methoxy groups -OCH3 is 1. The summed E-state index contributed by atoms with van der Waals surface area (Å²) in [4.78, 5) is 15.2. The standard InChI is InChI=1S/C9H16N4O2/c1-3-4-5-6-7(14)10-8-11-9(15-2)13-12-8/h3-6H2,1-2H3,(H2,10,11,12,13,14). The van der Waals surface area contributed by atoms with Crippen molar-refractivity contribution in [3.63, 3.8) is 0 Å². The first-order chi connectivity index (χ1) is 7.26. The molecule has 84 valence electrons. The first kappa shape index (κ1) is 11.5. The van der Waals surface area contributed by atoms with Crippen molar-refractivity contribution in [1.29, 1.82) is 0 Å². The van der Waals surface area contributed by atoms with E-state index < -0.39 is 0 Å². The summed E-state index contributed by atoms with van der Waals surface area (Å²) in [6.07, 6.45) is 3.57. The van der Waals surface area contributed by atoms with Gasteiger partial charge in [-0.1, -0.05) is 19.8 Å². The molecule has 0 fully saturated rings. The Morgan fingerprint density at radius 1 is 1.53 bits per heavy atom. The number of ether oxygens (including phenoxy) is 1. The number of unbranched alkanes of at least 4 members (excludes halogenated alkanes) is 2. The van der Waals surface area contributed by atoms with Crippen molar-refractivity contribution in [2.75, 3.05) is 12.4 Å². The Balaban J connectivity index is 2.31. The van der Waals surface area contributed by atoms with Crippen LogP contribution >= 0.6 is 0 Å². The lowest BCUT2D eigenvalue weighted by Crippen LogP contribution is -2.12. The number of anilines is 1. The molecule has 0 aliphatic heterocycles. The van der Waals surface area contributed by atoms with Crippen LogP contribution in [-0.4, -0.2) is 28.2 Å². The zero-order chi connectivity index (χ0) is 11.1. The van der Waals surface area contributed by atoms with Crippen molar-refractivity contribution in [3.05, 3.63) is 0 Å². The van der Waals surface area contributed by atoms with Gasteiger partial charge in [0.15, 0.2) is 0 Å². The van der Waals surface area contributed by atoms with E-state index in [2.05, 4.69) is 27.4 Å². The van der Waals surface area contributed by atoms with Crippen molar-refractivity contribution in [2.24, 2.45) is 0 Å². The van der Waals surface area contributed by atoms with E-state index in [4.69, 9.17) is 4.74 Å². The molecule has 0 aliphatic rings. The summed E-state index contributed by atoms with van der Waals surface area (Å²) in [7, 11) is 1.47. The first-order valence-electron chi connectivity index (χ1n) is 5.02. The molecule has 1 rings (SSSR count). The predicted octanol–water partition coefficient (Wildman–Crippen LogP) is 1.33. The Labute approximate surface area is 88.4 Å². The van der Waals surface area contributed by atoms with Gasteiger partial charge in [0.2, 0.25) is 11.9 Å². The normalized spacial score (nSPS) is 10.0. The Kier molecular flexibility index (Phi) is 4.59. The lowest BCUT2D eigenvalue weighted by molar-refractivity contribution is -0.116. The summed E-state index contributed by atoms with van der Waals surface area (Å²) in [5.74, 6) is 0.274. The van der Waals surface area contributed by atoms with Crippen LogP contribution in [0.4, 0.5) is 5.95 Å². The maximum Gasteiger partial charge on any atom is 0.336 e. The molecule has 0 unspecified atom stereocenters. The van der Waals surface area contributed by atoms with Crippen molar-refractivity contribution in [3.8, 4) is 6.01 Å². The average Bonchev–Trinajstić information content (AvgIpc) is 2.66. The second-order valence-corrected chi connectivity index (χ2v) is 3.18. The van der Waals surface area contributed by atoms with E-state index in [-0.39, 0.29) is 11.9 Å². The number of hydrogen-bond donors (Lipinski definition) is 2. The highest BCUT2D eigenvalue weighted by Gasteiger charge is 2.06. The highest BCUT2D eigenvalue weighted by molar-refractivity contribution is 5.88. The first-order valence-corrected chi connectivity index (χ1v) is 5.02. The lowest BCUT2D eigenvalue weighted by Gasteiger charge is -1.99. The zero-order valence-corrected chi connectivity index (χ0v) is 9.04. The Bertz CT molecular complexity index is 311. The minimum absolute atomic E-state index is 0.0535. The van der Waals surface area contributed by atoms with Gasteiger partial charge in [-0.2, -0.15) is 4.98 Å². The summed E-state index contributed by atoms with van der Waals surface area (Å²) in [5.41, 5.74) is 0. The van der Waals surface area contributed by atoms with Crippen molar-refractivity contribution >= 4 is 11.9 Å². The minimum Gasteiger partial charge on any atom is -0.466 e. The Morgan fingerprint density at radius 2 is 2.33 bits per heavy atom. The molecule has 0 spiro atoms. The van der Waals surface area contributed by atoms with Crippen LogP contribution in [0.3, 0.4) is 0 Å². The van der Waals surface area contributed by atoms with Gasteiger partial charge in [-0.05, 0) is 6.42 Å². The Morgan fingerprint density at radius 3 is 2.93 bits per heavy atom. The van der Waals surface area contributed by atoms with Gasteiger partial charge in [0.25, 0.3) is 0 Å². The molecule has 0 bridgehead atoms. The van der Waals surface area contributed by atoms with Crippen LogP contribution in [-0.2, 0) is 4.79 Å². The maximum absolute atomic E-state index is 11.3. The monoisotopic (exact) mass is 212 g/mol. The second-order valence-electron chi connectivity index (χ2n) is 3.18. The number of carbonyl (C=O) groups is 1. The predicted molar refractivity (Wildman–Crippen MR) is 55.7 cm³/mol. The van der Waals surface area contributed by atoms with Gasteiger partial charge < -0.3 is 4.74 Å². The number of aromatic amines is 1. The lowest BCUT2D eigenvalue weighted by atomic mass is 10.2. The summed E-state index contributed by atoms with van der Waals surface area (Å²) in [6.45, 7) is 2.10. The van der Waals surface area contributed by atoms with Gasteiger partial charge in [-0.15, -0.1) is 5.10 Å². The van der Waals surface area contributed by atoms with E-state index in [0.717, 1.165) is 19.3 Å². The number of hydrogen-bond acceptors (Lipinski definition) is 4. The Hall–Kier alpha value is -1.59. The molecule has 1 amide bonds. The summed E-state index contributed by atoms with van der Waals surface area (Å²) >= 11 is 0. The molecule has 1 heterocycles. The topological polar surface area (TPSA) is 79.9 Å². The van der Waals surface area contributed by atoms with E-state index in [0.29, 0.717) is 12.4 Å². The quantitative estimate of drug-likeness (QED) is 0.697. The smallest absolute Gasteiger partial charge is 0.336 e. The van der Waals surface area contributed by atoms with Crippen LogP contribution < -0.4 is 10.1 Å². The van der Waals surface area contributed by atoms with Crippen LogP contribution in [0.5, 0.6) is 6.01 Å². The molecule has 6 heteroatoms. The van der Waals surface area contributed by atoms with E-state index in [1.807, 2.05) is 0 Å². The van der Waals surface area contributed by atoms with Crippen LogP contribution in [0.25, 0.3) is 0 Å². The second kappa shape index (κ2) is 6.00. The van der Waals surface area contributed by atoms with E-state index in [1.165, 1.54) is 7.11 Å². The summed E-state index contributed by atoms with van der Waals surface area (Å²) in [5, 5.41) is 8.88. The highest BCUT2D eigenvalue weighted by atomic mass is 16.5. The minimum atomic E-state index is -0.0535. The fourth-order valence-electron chi connectivity index (χ4n) is 1.12. The molecular formula is C9H16N4O2. The van der Waals surface area contributed by atoms with Gasteiger partial charge >= 0.3 is 6.01 Å². The average molecular weight is 212 g/mol. The zero-order valence-electron chi connectivity index (χ0n) is 9.04. The molecular weight excluding hydrogens is 196 g/mol. The number of amides is 1. The largest absolute Gasteiger partial charge is 0.466 e. The summed E-state index contributed by atoms with van der Waals surface area (Å²) < 4.78 is 4.77. The fourth-order valence-corrected chi connectivity index (χ4v) is 1.12. The highest BCUT2D eigenvalue weighted by Crippen LogP contribution is 2.06. The van der Waals surface area contributed by atoms with Crippen LogP contribution in [0.1, 0.15) is 32.6 Å². The number of nitrogens with zero attached hydrogens (tertiary/aromatic N) is 2. The molecule has 0 radical (unpaired) electrons. The number of rotatable bonds is 6. The SMILES string of the molecule is CCCCCC(=O)Nc1nc(OC)n[nH]1. The molecule has 15 heavy (non-hydrogen) atoms. The van der Waals surface area contributed by atoms with Gasteiger partial charge in [0, 0.05) is 6.42 Å². The van der Waals surface area contributed by atoms with Crippen LogP contribution in [0.2, 0.25) is 0 Å². The fraction of sp³-hybridized carbons (Fsp3) is 0.667. The molecule has 1 aromatic rings. The molecule has 2 N–H and O–H groups in total. The van der Waals surface area contributed by atoms with Crippen LogP contribution in [0.15, 0.2) is 0 Å². The van der Waals surface area contributed by atoms with Gasteiger partial charge in [-0.25, -0.2) is 5.10 Å². The van der Waals surface area contributed by atoms with Gasteiger partial charge in [-0.3, -0.25) is 10.1 Å². The third-order valence-electron chi connectivity index (χ3n) is 1.91. The van der Waals surface area contributed by atoms with Crippen molar-refractivity contribution in [2.45, 2.75) is 32.6 Å². The number of aromatic nitrogens is 3. The molecule has 6 nitrogen and oxygen atoms in total. The molecule has 0 atom stereocenters. The van der Waals surface area contributed by atoms with E-state index in [1.54, 1.807) is 0 Å². The molecule has 0 aromatic carbocycles. The van der Waals surface area contributed by atoms with Gasteiger partial charge in [0.1, 0.15) is 0 Å². The van der Waals surface area contributed by atoms with E-state index >= 15 is 0 Å².